The average molecular weight is 243 g/mol. The van der Waals surface area contributed by atoms with E-state index in [0.717, 1.165) is 0 Å². The molecule has 0 bridgehead atoms. The molecule has 0 aromatic carbocycles. The lowest BCUT2D eigenvalue weighted by Gasteiger charge is -2.10. The van der Waals surface area contributed by atoms with E-state index in [1.165, 1.54) is 4.40 Å². The number of nitrogens with one attached hydrogen (secondary N) is 1. The molecule has 18 heavy (non-hydrogen) atoms. The van der Waals surface area contributed by atoms with E-state index < -0.39 is 5.97 Å². The van der Waals surface area contributed by atoms with E-state index in [2.05, 4.69) is 16.2 Å². The normalized spacial score (nSPS) is 12.0. The molecule has 1 unspecified atom stereocenters. The van der Waals surface area contributed by atoms with Crippen molar-refractivity contribution in [2.45, 2.75) is 19.4 Å². The maximum absolute atomic E-state index is 11.3. The minimum absolute atomic E-state index is 0.0296. The lowest BCUT2D eigenvalue weighted by atomic mass is 10.2. The lowest BCUT2D eigenvalue weighted by molar-refractivity contribution is 0.0690. The molecule has 5 heteroatoms. The maximum atomic E-state index is 11.3. The van der Waals surface area contributed by atoms with E-state index in [1.807, 2.05) is 13.0 Å². The van der Waals surface area contributed by atoms with Gasteiger partial charge in [0.25, 0.3) is 0 Å². The number of rotatable bonds is 4. The first-order valence-corrected chi connectivity index (χ1v) is 5.54. The highest BCUT2D eigenvalue weighted by molar-refractivity contribution is 5.93. The number of imidazole rings is 1. The number of anilines is 1. The molecule has 0 aliphatic carbocycles. The van der Waals surface area contributed by atoms with Gasteiger partial charge in [-0.3, -0.25) is 4.40 Å². The van der Waals surface area contributed by atoms with Gasteiger partial charge in [-0.2, -0.15) is 0 Å². The Balaban J connectivity index is 2.47. The van der Waals surface area contributed by atoms with Gasteiger partial charge in [0, 0.05) is 18.7 Å². The number of pyridine rings is 1. The van der Waals surface area contributed by atoms with E-state index in [0.29, 0.717) is 17.9 Å². The topological polar surface area (TPSA) is 66.6 Å². The second-order valence-electron chi connectivity index (χ2n) is 4.00. The van der Waals surface area contributed by atoms with Gasteiger partial charge in [0.2, 0.25) is 0 Å². The molecule has 0 aliphatic heterocycles. The highest BCUT2D eigenvalue weighted by Crippen LogP contribution is 2.18. The standard InChI is InChI=1S/C13H13N3O2/c1-3-6-9(2)14-12-11(13(17)18)16-8-5-4-7-10(16)15-12/h1,4-5,7-9,14H,6H2,2H3,(H,17,18). The fourth-order valence-electron chi connectivity index (χ4n) is 1.76. The van der Waals surface area contributed by atoms with Crippen molar-refractivity contribution in [3.8, 4) is 12.3 Å². The van der Waals surface area contributed by atoms with Crippen LogP contribution in [0.5, 0.6) is 0 Å². The summed E-state index contributed by atoms with van der Waals surface area (Å²) in [6.45, 7) is 1.88. The Morgan fingerprint density at radius 3 is 3.11 bits per heavy atom. The van der Waals surface area contributed by atoms with Crippen LogP contribution < -0.4 is 5.32 Å². The largest absolute Gasteiger partial charge is 0.476 e. The number of carboxylic acids is 1. The van der Waals surface area contributed by atoms with Crippen LogP contribution >= 0.6 is 0 Å². The summed E-state index contributed by atoms with van der Waals surface area (Å²) in [5.41, 5.74) is 0.708. The summed E-state index contributed by atoms with van der Waals surface area (Å²) in [7, 11) is 0. The molecule has 2 heterocycles. The molecule has 2 N–H and O–H groups in total. The summed E-state index contributed by atoms with van der Waals surface area (Å²) < 4.78 is 1.53. The van der Waals surface area contributed by atoms with Crippen LogP contribution in [0.2, 0.25) is 0 Å². The molecule has 0 fully saturated rings. The van der Waals surface area contributed by atoms with Crippen molar-refractivity contribution in [3.05, 3.63) is 30.1 Å². The molecule has 0 saturated carbocycles. The zero-order chi connectivity index (χ0) is 13.1. The van der Waals surface area contributed by atoms with Gasteiger partial charge in [-0.25, -0.2) is 9.78 Å². The predicted molar refractivity (Wildman–Crippen MR) is 68.7 cm³/mol. The van der Waals surface area contributed by atoms with Crippen LogP contribution in [-0.4, -0.2) is 26.5 Å². The van der Waals surface area contributed by atoms with Crippen LogP contribution in [-0.2, 0) is 0 Å². The Morgan fingerprint density at radius 2 is 2.44 bits per heavy atom. The zero-order valence-corrected chi connectivity index (χ0v) is 9.92. The third-order valence-corrected chi connectivity index (χ3v) is 2.54. The number of nitrogens with zero attached hydrogens (tertiary/aromatic N) is 2. The third kappa shape index (κ3) is 2.13. The summed E-state index contributed by atoms with van der Waals surface area (Å²) >= 11 is 0. The van der Waals surface area contributed by atoms with Crippen molar-refractivity contribution < 1.29 is 9.90 Å². The molecular weight excluding hydrogens is 230 g/mol. The molecule has 0 spiro atoms. The number of carbonyl (C=O) groups is 1. The van der Waals surface area contributed by atoms with E-state index in [1.54, 1.807) is 18.3 Å². The first-order valence-electron chi connectivity index (χ1n) is 5.54. The Morgan fingerprint density at radius 1 is 1.67 bits per heavy atom. The second kappa shape index (κ2) is 4.80. The first-order chi connectivity index (χ1) is 8.63. The summed E-state index contributed by atoms with van der Waals surface area (Å²) in [4.78, 5) is 15.6. The van der Waals surface area contributed by atoms with Gasteiger partial charge in [0.05, 0.1) is 0 Å². The maximum Gasteiger partial charge on any atom is 0.356 e. The number of terminal acetylenes is 1. The average Bonchev–Trinajstić information content (AvgIpc) is 2.66. The van der Waals surface area contributed by atoms with Crippen LogP contribution in [0.1, 0.15) is 23.8 Å². The monoisotopic (exact) mass is 243 g/mol. The molecule has 92 valence electrons. The number of aromatic nitrogens is 2. The molecule has 2 rings (SSSR count). The van der Waals surface area contributed by atoms with Crippen molar-refractivity contribution in [2.24, 2.45) is 0 Å². The minimum Gasteiger partial charge on any atom is -0.476 e. The molecule has 0 saturated heterocycles. The van der Waals surface area contributed by atoms with Crippen molar-refractivity contribution >= 4 is 17.4 Å². The van der Waals surface area contributed by atoms with Crippen LogP contribution in [0.3, 0.4) is 0 Å². The molecule has 5 nitrogen and oxygen atoms in total. The van der Waals surface area contributed by atoms with Crippen LogP contribution in [0.25, 0.3) is 5.65 Å². The van der Waals surface area contributed by atoms with Gasteiger partial charge in [-0.15, -0.1) is 12.3 Å². The summed E-state index contributed by atoms with van der Waals surface area (Å²) in [6, 6.07) is 5.29. The summed E-state index contributed by atoms with van der Waals surface area (Å²) in [5.74, 6) is 1.85. The fraction of sp³-hybridized carbons (Fsp3) is 0.231. The smallest absolute Gasteiger partial charge is 0.356 e. The Bertz CT molecular complexity index is 625. The summed E-state index contributed by atoms with van der Waals surface area (Å²) in [6.07, 6.45) is 7.40. The molecule has 2 aromatic rings. The number of aromatic carboxylic acids is 1. The first kappa shape index (κ1) is 12.0. The minimum atomic E-state index is -1.02. The molecule has 0 radical (unpaired) electrons. The van der Waals surface area contributed by atoms with Gasteiger partial charge in [-0.05, 0) is 19.1 Å². The second-order valence-corrected chi connectivity index (χ2v) is 4.00. The Kier molecular flexibility index (Phi) is 3.20. The van der Waals surface area contributed by atoms with E-state index in [-0.39, 0.29) is 11.7 Å². The number of carboxylic acid groups (broad SMARTS) is 1. The quantitative estimate of drug-likeness (QED) is 0.804. The number of fused-ring (bicyclic) bond motifs is 1. The third-order valence-electron chi connectivity index (χ3n) is 2.54. The molecule has 0 aliphatic rings. The van der Waals surface area contributed by atoms with Crippen molar-refractivity contribution in [2.75, 3.05) is 5.32 Å². The SMILES string of the molecule is C#CCC(C)Nc1nc2ccccn2c1C(=O)O. The Labute approximate surface area is 104 Å². The van der Waals surface area contributed by atoms with E-state index in [9.17, 15) is 9.90 Å². The van der Waals surface area contributed by atoms with Gasteiger partial charge in [0.1, 0.15) is 5.65 Å². The van der Waals surface area contributed by atoms with E-state index >= 15 is 0 Å². The van der Waals surface area contributed by atoms with Gasteiger partial charge >= 0.3 is 5.97 Å². The summed E-state index contributed by atoms with van der Waals surface area (Å²) in [5, 5.41) is 12.3. The number of hydrogen-bond acceptors (Lipinski definition) is 3. The van der Waals surface area contributed by atoms with Crippen molar-refractivity contribution in [1.29, 1.82) is 0 Å². The zero-order valence-electron chi connectivity index (χ0n) is 9.92. The van der Waals surface area contributed by atoms with Crippen LogP contribution in [0.4, 0.5) is 5.82 Å². The predicted octanol–water partition coefficient (Wildman–Crippen LogP) is 1.86. The van der Waals surface area contributed by atoms with Crippen molar-refractivity contribution in [3.63, 3.8) is 0 Å². The Hall–Kier alpha value is -2.48. The van der Waals surface area contributed by atoms with E-state index in [4.69, 9.17) is 6.42 Å². The van der Waals surface area contributed by atoms with Crippen LogP contribution in [0.15, 0.2) is 24.4 Å². The van der Waals surface area contributed by atoms with Crippen molar-refractivity contribution in [1.82, 2.24) is 9.38 Å². The molecule has 2 aromatic heterocycles. The fourth-order valence-corrected chi connectivity index (χ4v) is 1.76. The van der Waals surface area contributed by atoms with Gasteiger partial charge in [0.15, 0.2) is 11.5 Å². The number of hydrogen-bond donors (Lipinski definition) is 2. The lowest BCUT2D eigenvalue weighted by Crippen LogP contribution is -2.17. The van der Waals surface area contributed by atoms with Gasteiger partial charge < -0.3 is 10.4 Å². The molecule has 1 atom stereocenters. The van der Waals surface area contributed by atoms with Crippen LogP contribution in [0, 0.1) is 12.3 Å². The highest BCUT2D eigenvalue weighted by atomic mass is 16.4. The highest BCUT2D eigenvalue weighted by Gasteiger charge is 2.19. The molecular formula is C13H13N3O2. The molecule has 0 amide bonds. The van der Waals surface area contributed by atoms with Gasteiger partial charge in [-0.1, -0.05) is 6.07 Å².